The highest BCUT2D eigenvalue weighted by molar-refractivity contribution is 6.16. The Hall–Kier alpha value is -5.55. The summed E-state index contributed by atoms with van der Waals surface area (Å²) >= 11 is 0. The Bertz CT molecular complexity index is 1860. The molecule has 1 amide bonds. The van der Waals surface area contributed by atoms with Crippen LogP contribution in [0.5, 0.6) is 5.75 Å². The van der Waals surface area contributed by atoms with E-state index in [9.17, 15) is 18.8 Å². The summed E-state index contributed by atoms with van der Waals surface area (Å²) in [7, 11) is 0. The monoisotopic (exact) mass is 569 g/mol. The molecule has 0 unspecified atom stereocenters. The van der Waals surface area contributed by atoms with Crippen molar-refractivity contribution in [2.75, 3.05) is 11.9 Å². The number of rotatable bonds is 6. The van der Waals surface area contributed by atoms with Gasteiger partial charge in [-0.25, -0.2) is 4.39 Å². The largest absolute Gasteiger partial charge is 0.479 e. The zero-order valence-electron chi connectivity index (χ0n) is 22.7. The maximum Gasteiger partial charge on any atom is 0.238 e. The van der Waals surface area contributed by atoms with E-state index in [1.54, 1.807) is 36.5 Å². The first-order chi connectivity index (χ1) is 20.9. The number of para-hydroxylation sites is 1. The summed E-state index contributed by atoms with van der Waals surface area (Å²) in [6.45, 7) is -0.146. The second-order valence-electron chi connectivity index (χ2n) is 10.8. The van der Waals surface area contributed by atoms with Crippen molar-refractivity contribution in [3.05, 3.63) is 137 Å². The number of nitrogens with one attached hydrogen (secondary N) is 1. The number of hydrogen-bond donors (Lipinski definition) is 1. The van der Waals surface area contributed by atoms with E-state index in [2.05, 4.69) is 5.32 Å². The minimum Gasteiger partial charge on any atom is -0.479 e. The molecule has 4 aromatic rings. The number of amides is 1. The van der Waals surface area contributed by atoms with E-state index < -0.39 is 35.0 Å². The van der Waals surface area contributed by atoms with Crippen molar-refractivity contribution in [1.82, 2.24) is 4.90 Å². The molecule has 0 radical (unpaired) electrons. The van der Waals surface area contributed by atoms with E-state index in [4.69, 9.17) is 10.00 Å². The molecule has 0 aromatic heterocycles. The number of ketones is 2. The number of carbonyl (C=O) groups is 3. The summed E-state index contributed by atoms with van der Waals surface area (Å²) < 4.78 is 19.3. The van der Waals surface area contributed by atoms with Crippen LogP contribution in [0.2, 0.25) is 0 Å². The van der Waals surface area contributed by atoms with Gasteiger partial charge in [0.2, 0.25) is 5.91 Å². The zero-order chi connectivity index (χ0) is 29.7. The number of fused-ring (bicyclic) bond motifs is 6. The molecular weight excluding hydrogens is 545 g/mol. The van der Waals surface area contributed by atoms with Crippen LogP contribution in [0, 0.1) is 23.1 Å². The third kappa shape index (κ3) is 3.89. The van der Waals surface area contributed by atoms with Crippen LogP contribution in [0.1, 0.15) is 43.4 Å². The van der Waals surface area contributed by atoms with Crippen molar-refractivity contribution in [2.45, 2.75) is 17.5 Å². The van der Waals surface area contributed by atoms with Crippen LogP contribution in [-0.2, 0) is 10.2 Å². The van der Waals surface area contributed by atoms with Crippen molar-refractivity contribution in [3.8, 4) is 11.8 Å². The number of hydrogen-bond acceptors (Lipinski definition) is 6. The fraction of sp³-hybridized carbons (Fsp3) is 0.143. The molecule has 7 nitrogen and oxygen atoms in total. The Morgan fingerprint density at radius 2 is 1.58 bits per heavy atom. The Labute approximate surface area is 246 Å². The molecule has 43 heavy (non-hydrogen) atoms. The number of anilines is 1. The van der Waals surface area contributed by atoms with E-state index in [1.807, 2.05) is 59.5 Å². The van der Waals surface area contributed by atoms with Crippen LogP contribution in [0.3, 0.4) is 0 Å². The van der Waals surface area contributed by atoms with Gasteiger partial charge in [-0.05, 0) is 77.4 Å². The third-order valence-corrected chi connectivity index (χ3v) is 8.69. The maximum atomic E-state index is 14.8. The fourth-order valence-electron chi connectivity index (χ4n) is 6.96. The first-order valence-electron chi connectivity index (χ1n) is 13.8. The van der Waals surface area contributed by atoms with Gasteiger partial charge in [0.05, 0.1) is 12.0 Å². The lowest BCUT2D eigenvalue weighted by Crippen LogP contribution is -2.49. The topological polar surface area (TPSA) is 99.5 Å². The minimum absolute atomic E-state index is 0.146. The summed E-state index contributed by atoms with van der Waals surface area (Å²) in [5, 5.41) is 11.9. The van der Waals surface area contributed by atoms with Gasteiger partial charge < -0.3 is 15.0 Å². The Balaban J connectivity index is 1.48. The predicted molar refractivity (Wildman–Crippen MR) is 157 cm³/mol. The molecule has 0 bridgehead atoms. The average molecular weight is 570 g/mol. The van der Waals surface area contributed by atoms with Crippen molar-refractivity contribution in [2.24, 2.45) is 5.92 Å². The Morgan fingerprint density at radius 3 is 2.35 bits per heavy atom. The van der Waals surface area contributed by atoms with Crippen molar-refractivity contribution in [3.63, 3.8) is 0 Å². The van der Waals surface area contributed by atoms with Gasteiger partial charge >= 0.3 is 0 Å². The third-order valence-electron chi connectivity index (χ3n) is 8.69. The Morgan fingerprint density at radius 1 is 0.907 bits per heavy atom. The van der Waals surface area contributed by atoms with Crippen LogP contribution < -0.4 is 10.1 Å². The number of nitriles is 1. The van der Waals surface area contributed by atoms with E-state index in [0.29, 0.717) is 22.6 Å². The van der Waals surface area contributed by atoms with Gasteiger partial charge in [0.15, 0.2) is 18.2 Å². The molecule has 0 saturated carbocycles. The molecule has 210 valence electrons. The number of Topliss-reactive ketones (excluding diaryl/α,β-unsaturated/α-hetero) is 2. The van der Waals surface area contributed by atoms with Crippen LogP contribution in [0.25, 0.3) is 6.08 Å². The van der Waals surface area contributed by atoms with Crippen LogP contribution in [0.4, 0.5) is 10.1 Å². The first-order valence-corrected chi connectivity index (χ1v) is 13.8. The van der Waals surface area contributed by atoms with Gasteiger partial charge in [-0.3, -0.25) is 14.4 Å². The van der Waals surface area contributed by atoms with E-state index in [1.165, 1.54) is 24.3 Å². The zero-order valence-corrected chi connectivity index (χ0v) is 22.7. The Kier molecular flexibility index (Phi) is 6.17. The van der Waals surface area contributed by atoms with Crippen LogP contribution >= 0.6 is 0 Å². The lowest BCUT2D eigenvalue weighted by molar-refractivity contribution is -0.122. The second-order valence-corrected chi connectivity index (χ2v) is 10.8. The summed E-state index contributed by atoms with van der Waals surface area (Å²) in [6, 6.07) is 26.7. The average Bonchev–Trinajstić information content (AvgIpc) is 3.52. The second kappa shape index (κ2) is 10.1. The number of ether oxygens (including phenoxy) is 1. The van der Waals surface area contributed by atoms with E-state index in [-0.39, 0.29) is 23.9 Å². The van der Waals surface area contributed by atoms with E-state index >= 15 is 0 Å². The van der Waals surface area contributed by atoms with Crippen LogP contribution in [0.15, 0.2) is 103 Å². The van der Waals surface area contributed by atoms with Gasteiger partial charge in [0.1, 0.15) is 29.1 Å². The molecule has 1 N–H and O–H groups in total. The smallest absolute Gasteiger partial charge is 0.238 e. The summed E-state index contributed by atoms with van der Waals surface area (Å²) in [5.41, 5.74) is 2.00. The normalized spacial score (nSPS) is 22.7. The fourth-order valence-corrected chi connectivity index (χ4v) is 6.96. The van der Waals surface area contributed by atoms with Gasteiger partial charge in [-0.2, -0.15) is 5.26 Å². The minimum atomic E-state index is -1.47. The molecule has 8 heteroatoms. The molecule has 1 fully saturated rings. The summed E-state index contributed by atoms with van der Waals surface area (Å²) in [4.78, 5) is 45.6. The number of carbonyl (C=O) groups excluding carboxylic acids is 3. The number of benzene rings is 4. The molecule has 1 saturated heterocycles. The molecular formula is C35H24FN3O4. The van der Waals surface area contributed by atoms with Crippen molar-refractivity contribution >= 4 is 29.2 Å². The van der Waals surface area contributed by atoms with Gasteiger partial charge in [0, 0.05) is 23.0 Å². The molecule has 3 heterocycles. The molecule has 0 aliphatic carbocycles. The molecule has 3 aliphatic rings. The lowest BCUT2D eigenvalue weighted by Gasteiger charge is -2.38. The standard InChI is InChI=1S/C35H24FN3O4/c36-24-13-9-23(10-14-24)32(41)30-29(31(40)22-11-15-25(16-12-22)43-20-18-37)35(27-7-3-4-8-28(27)38-34(35)42)33-26-6-2-1-5-21(26)17-19-39(30)33/h1-17,19,29-30,33H,20H2,(H,38,42)/t29-,30+,33+,35-/m0/s1. The van der Waals surface area contributed by atoms with Gasteiger partial charge in [-0.1, -0.05) is 42.5 Å². The first kappa shape index (κ1) is 26.4. The highest BCUT2D eigenvalue weighted by atomic mass is 19.1. The number of nitrogens with zero attached hydrogens (tertiary/aromatic N) is 2. The molecule has 4 atom stereocenters. The quantitative estimate of drug-likeness (QED) is 0.299. The highest BCUT2D eigenvalue weighted by Gasteiger charge is 2.70. The highest BCUT2D eigenvalue weighted by Crippen LogP contribution is 2.62. The van der Waals surface area contributed by atoms with Crippen molar-refractivity contribution in [1.29, 1.82) is 5.26 Å². The lowest BCUT2D eigenvalue weighted by atomic mass is 9.62. The van der Waals surface area contributed by atoms with Gasteiger partial charge in [0.25, 0.3) is 0 Å². The maximum absolute atomic E-state index is 14.8. The number of halogens is 1. The summed E-state index contributed by atoms with van der Waals surface area (Å²) in [5.74, 6) is -2.37. The SMILES string of the molecule is N#CCOc1ccc(C(=O)[C@@H]2[C@H](C(=O)c3ccc(F)cc3)N3C=Cc4ccccc4[C@@H]3[C@@]23C(=O)Nc2ccccc23)cc1. The van der Waals surface area contributed by atoms with E-state index in [0.717, 1.165) is 11.1 Å². The molecule has 4 aromatic carbocycles. The molecule has 7 rings (SSSR count). The van der Waals surface area contributed by atoms with Gasteiger partial charge in [-0.15, -0.1) is 0 Å². The summed E-state index contributed by atoms with van der Waals surface area (Å²) in [6.07, 6.45) is 3.68. The van der Waals surface area contributed by atoms with Crippen LogP contribution in [-0.4, -0.2) is 35.0 Å². The molecule has 3 aliphatic heterocycles. The predicted octanol–water partition coefficient (Wildman–Crippen LogP) is 5.71. The van der Waals surface area contributed by atoms with Crippen molar-refractivity contribution < 1.29 is 23.5 Å². The molecule has 1 spiro atoms.